The molecule has 4 rings (SSSR count). The first-order chi connectivity index (χ1) is 12.6. The lowest BCUT2D eigenvalue weighted by molar-refractivity contribution is -0.150. The molecule has 1 aliphatic heterocycles. The smallest absolute Gasteiger partial charge is 0.330 e. The molecule has 2 N–H and O–H groups in total. The van der Waals surface area contributed by atoms with Gasteiger partial charge in [-0.2, -0.15) is 0 Å². The average molecular weight is 355 g/mol. The molecule has 1 saturated heterocycles. The van der Waals surface area contributed by atoms with E-state index in [-0.39, 0.29) is 6.61 Å². The zero-order chi connectivity index (χ0) is 18.1. The highest BCUT2D eigenvalue weighted by Gasteiger charge is 2.44. The largest absolute Gasteiger partial charge is 0.479 e. The van der Waals surface area contributed by atoms with Gasteiger partial charge in [-0.15, -0.1) is 0 Å². The molecule has 0 aliphatic carbocycles. The molecule has 1 aromatic carbocycles. The van der Waals surface area contributed by atoms with Gasteiger partial charge in [0.1, 0.15) is 23.7 Å². The van der Waals surface area contributed by atoms with E-state index in [4.69, 9.17) is 9.52 Å². The van der Waals surface area contributed by atoms with Crippen LogP contribution in [0.1, 0.15) is 24.4 Å². The maximum absolute atomic E-state index is 12.2. The highest BCUT2D eigenvalue weighted by atomic mass is 16.4. The van der Waals surface area contributed by atoms with Crippen LogP contribution in [0.4, 0.5) is 0 Å². The van der Waals surface area contributed by atoms with Gasteiger partial charge >= 0.3 is 5.97 Å². The number of carbonyl (C=O) groups is 1. The van der Waals surface area contributed by atoms with Crippen molar-refractivity contribution in [3.8, 4) is 0 Å². The number of carboxylic acids is 1. The van der Waals surface area contributed by atoms with Gasteiger partial charge in [0.2, 0.25) is 0 Å². The third kappa shape index (κ3) is 2.79. The van der Waals surface area contributed by atoms with Crippen LogP contribution in [0.3, 0.4) is 0 Å². The number of para-hydroxylation sites is 2. The van der Waals surface area contributed by atoms with Crippen molar-refractivity contribution >= 4 is 17.0 Å². The molecule has 7 nitrogen and oxygen atoms in total. The lowest BCUT2D eigenvalue weighted by Gasteiger charge is -2.39. The fourth-order valence-electron chi connectivity index (χ4n) is 3.75. The Balaban J connectivity index is 1.55. The molecule has 0 radical (unpaired) electrons. The summed E-state index contributed by atoms with van der Waals surface area (Å²) in [6.07, 6.45) is 2.64. The van der Waals surface area contributed by atoms with E-state index in [1.165, 1.54) is 0 Å². The number of hydrogen-bond acceptors (Lipinski definition) is 5. The number of likely N-dealkylation sites (tertiary alicyclic amines) is 1. The van der Waals surface area contributed by atoms with Gasteiger partial charge in [0.25, 0.3) is 0 Å². The summed E-state index contributed by atoms with van der Waals surface area (Å²) in [7, 11) is 0. The standard InChI is InChI=1S/C19H21N3O4/c23-12-15-6-5-14(26-15)11-21-9-7-19(8-10-21,18(24)25)22-13-20-16-3-1-2-4-17(16)22/h1-6,13,23H,7-12H2,(H,24,25). The van der Waals surface area contributed by atoms with Gasteiger partial charge in [0.15, 0.2) is 0 Å². The molecule has 1 fully saturated rings. The fraction of sp³-hybridized carbons (Fsp3) is 0.368. The molecule has 0 bridgehead atoms. The Morgan fingerprint density at radius 1 is 1.15 bits per heavy atom. The number of rotatable bonds is 5. The third-order valence-electron chi connectivity index (χ3n) is 5.25. The van der Waals surface area contributed by atoms with Crippen LogP contribution in [0.25, 0.3) is 11.0 Å². The summed E-state index contributed by atoms with van der Waals surface area (Å²) in [5, 5.41) is 19.1. The second kappa shape index (κ2) is 6.59. The van der Waals surface area contributed by atoms with E-state index in [2.05, 4.69) is 9.88 Å². The number of aliphatic hydroxyl groups excluding tert-OH is 1. The van der Waals surface area contributed by atoms with Crippen molar-refractivity contribution in [2.75, 3.05) is 13.1 Å². The normalized spacial score (nSPS) is 17.6. The molecule has 7 heteroatoms. The summed E-state index contributed by atoms with van der Waals surface area (Å²) in [5.41, 5.74) is 0.677. The second-order valence-electron chi connectivity index (χ2n) is 6.74. The Labute approximate surface area is 150 Å². The summed E-state index contributed by atoms with van der Waals surface area (Å²) in [5.74, 6) is 0.507. The van der Waals surface area contributed by atoms with E-state index >= 15 is 0 Å². The highest BCUT2D eigenvalue weighted by molar-refractivity contribution is 5.82. The van der Waals surface area contributed by atoms with E-state index in [0.29, 0.717) is 38.2 Å². The maximum atomic E-state index is 12.2. The van der Waals surface area contributed by atoms with E-state index in [1.807, 2.05) is 34.9 Å². The number of hydrogen-bond donors (Lipinski definition) is 2. The maximum Gasteiger partial charge on any atom is 0.330 e. The number of nitrogens with zero attached hydrogens (tertiary/aromatic N) is 3. The average Bonchev–Trinajstić information content (AvgIpc) is 3.29. The molecular formula is C19H21N3O4. The number of imidazole rings is 1. The molecule has 2 aromatic heterocycles. The van der Waals surface area contributed by atoms with Crippen LogP contribution in [0.2, 0.25) is 0 Å². The molecule has 136 valence electrons. The van der Waals surface area contributed by atoms with Crippen molar-refractivity contribution < 1.29 is 19.4 Å². The zero-order valence-electron chi connectivity index (χ0n) is 14.3. The Morgan fingerprint density at radius 3 is 2.58 bits per heavy atom. The minimum Gasteiger partial charge on any atom is -0.479 e. The number of aliphatic hydroxyl groups is 1. The van der Waals surface area contributed by atoms with Gasteiger partial charge in [-0.05, 0) is 37.1 Å². The minimum absolute atomic E-state index is 0.115. The van der Waals surface area contributed by atoms with E-state index in [1.54, 1.807) is 12.4 Å². The van der Waals surface area contributed by atoms with Gasteiger partial charge in [-0.25, -0.2) is 9.78 Å². The molecule has 3 aromatic rings. The Morgan fingerprint density at radius 2 is 1.88 bits per heavy atom. The number of piperidine rings is 1. The topological polar surface area (TPSA) is 91.7 Å². The lowest BCUT2D eigenvalue weighted by atomic mass is 9.87. The van der Waals surface area contributed by atoms with Crippen LogP contribution in [-0.2, 0) is 23.5 Å². The van der Waals surface area contributed by atoms with Crippen LogP contribution in [-0.4, -0.2) is 43.7 Å². The van der Waals surface area contributed by atoms with Gasteiger partial charge in [-0.3, -0.25) is 4.90 Å². The molecule has 3 heterocycles. The Kier molecular flexibility index (Phi) is 4.26. The molecule has 0 atom stereocenters. The van der Waals surface area contributed by atoms with Gasteiger partial charge in [0.05, 0.1) is 23.9 Å². The van der Waals surface area contributed by atoms with Crippen LogP contribution in [0.5, 0.6) is 0 Å². The predicted octanol–water partition coefficient (Wildman–Crippen LogP) is 2.20. The summed E-state index contributed by atoms with van der Waals surface area (Å²) < 4.78 is 7.36. The number of carboxylic acid groups (broad SMARTS) is 1. The molecule has 0 amide bonds. The van der Waals surface area contributed by atoms with E-state index in [9.17, 15) is 9.90 Å². The molecular weight excluding hydrogens is 334 g/mol. The van der Waals surface area contributed by atoms with E-state index in [0.717, 1.165) is 16.8 Å². The number of aromatic nitrogens is 2. The van der Waals surface area contributed by atoms with Crippen molar-refractivity contribution in [2.45, 2.75) is 31.5 Å². The van der Waals surface area contributed by atoms with Crippen LogP contribution < -0.4 is 0 Å². The fourth-order valence-corrected chi connectivity index (χ4v) is 3.75. The number of fused-ring (bicyclic) bond motifs is 1. The van der Waals surface area contributed by atoms with Crippen molar-refractivity contribution in [2.24, 2.45) is 0 Å². The quantitative estimate of drug-likeness (QED) is 0.729. The molecule has 0 saturated carbocycles. The van der Waals surface area contributed by atoms with E-state index < -0.39 is 11.5 Å². The predicted molar refractivity (Wildman–Crippen MR) is 94.5 cm³/mol. The molecule has 26 heavy (non-hydrogen) atoms. The molecule has 0 unspecified atom stereocenters. The van der Waals surface area contributed by atoms with Gasteiger partial charge < -0.3 is 19.2 Å². The summed E-state index contributed by atoms with van der Waals surface area (Å²) in [4.78, 5) is 18.8. The van der Waals surface area contributed by atoms with Crippen molar-refractivity contribution in [3.05, 3.63) is 54.2 Å². The van der Waals surface area contributed by atoms with Crippen molar-refractivity contribution in [1.29, 1.82) is 0 Å². The first kappa shape index (κ1) is 16.8. The first-order valence-corrected chi connectivity index (χ1v) is 8.69. The molecule has 1 aliphatic rings. The monoisotopic (exact) mass is 355 g/mol. The first-order valence-electron chi connectivity index (χ1n) is 8.69. The van der Waals surface area contributed by atoms with Crippen LogP contribution >= 0.6 is 0 Å². The van der Waals surface area contributed by atoms with Crippen molar-refractivity contribution in [1.82, 2.24) is 14.5 Å². The Hall–Kier alpha value is -2.64. The van der Waals surface area contributed by atoms with Crippen LogP contribution in [0, 0.1) is 0 Å². The summed E-state index contributed by atoms with van der Waals surface area (Å²) in [6.45, 7) is 1.79. The Bertz CT molecular complexity index is 922. The third-order valence-corrected chi connectivity index (χ3v) is 5.25. The second-order valence-corrected chi connectivity index (χ2v) is 6.74. The molecule has 0 spiro atoms. The number of benzene rings is 1. The van der Waals surface area contributed by atoms with Gasteiger partial charge in [-0.1, -0.05) is 12.1 Å². The number of furan rings is 1. The zero-order valence-corrected chi connectivity index (χ0v) is 14.3. The highest BCUT2D eigenvalue weighted by Crippen LogP contribution is 2.34. The summed E-state index contributed by atoms with van der Waals surface area (Å²) >= 11 is 0. The number of aliphatic carboxylic acids is 1. The minimum atomic E-state index is -0.980. The lowest BCUT2D eigenvalue weighted by Crippen LogP contribution is -2.50. The van der Waals surface area contributed by atoms with Crippen LogP contribution in [0.15, 0.2) is 47.1 Å². The van der Waals surface area contributed by atoms with Gasteiger partial charge in [0, 0.05) is 13.1 Å². The SMILES string of the molecule is O=C(O)C1(n2cnc3ccccc32)CCN(Cc2ccc(CO)o2)CC1. The van der Waals surface area contributed by atoms with Crippen molar-refractivity contribution in [3.63, 3.8) is 0 Å². The summed E-state index contributed by atoms with van der Waals surface area (Å²) in [6, 6.07) is 11.2.